The van der Waals surface area contributed by atoms with Crippen LogP contribution in [0.5, 0.6) is 0 Å². The molecule has 0 saturated carbocycles. The maximum absolute atomic E-state index is 5.45. The van der Waals surface area contributed by atoms with Crippen LogP contribution in [0.15, 0.2) is 42.7 Å². The van der Waals surface area contributed by atoms with E-state index in [1.54, 1.807) is 11.3 Å². The summed E-state index contributed by atoms with van der Waals surface area (Å²) in [7, 11) is 0. The lowest BCUT2D eigenvalue weighted by atomic mass is 9.99. The van der Waals surface area contributed by atoms with Gasteiger partial charge in [0, 0.05) is 30.5 Å². The van der Waals surface area contributed by atoms with Crippen molar-refractivity contribution in [1.29, 1.82) is 0 Å². The molecule has 0 atom stereocenters. The Kier molecular flexibility index (Phi) is 4.81. The summed E-state index contributed by atoms with van der Waals surface area (Å²) in [6.45, 7) is 4.53. The van der Waals surface area contributed by atoms with Crippen molar-refractivity contribution in [2.75, 3.05) is 18.5 Å². The van der Waals surface area contributed by atoms with Gasteiger partial charge in [-0.15, -0.1) is 11.3 Å². The third-order valence-electron chi connectivity index (χ3n) is 4.63. The maximum Gasteiger partial charge on any atom is 0.183 e. The number of rotatable bonds is 5. The predicted molar refractivity (Wildman–Crippen MR) is 101 cm³/mol. The molecule has 25 heavy (non-hydrogen) atoms. The first-order valence-corrected chi connectivity index (χ1v) is 9.49. The SMILES string of the molecule is Cc1ccccc1-n1nccc1CNc1ncc(C2CCOCC2)s1. The lowest BCUT2D eigenvalue weighted by Gasteiger charge is -2.20. The molecule has 3 heterocycles. The molecule has 1 fully saturated rings. The lowest BCUT2D eigenvalue weighted by Crippen LogP contribution is -2.12. The molecule has 1 saturated heterocycles. The van der Waals surface area contributed by atoms with E-state index >= 15 is 0 Å². The van der Waals surface area contributed by atoms with Crippen LogP contribution in [0.4, 0.5) is 5.13 Å². The van der Waals surface area contributed by atoms with E-state index in [9.17, 15) is 0 Å². The van der Waals surface area contributed by atoms with Gasteiger partial charge in [0.2, 0.25) is 0 Å². The van der Waals surface area contributed by atoms with E-state index in [0.717, 1.165) is 42.6 Å². The first-order chi connectivity index (χ1) is 12.3. The highest BCUT2D eigenvalue weighted by Crippen LogP contribution is 2.32. The molecular formula is C19H22N4OS. The van der Waals surface area contributed by atoms with Crippen LogP contribution < -0.4 is 5.32 Å². The highest BCUT2D eigenvalue weighted by atomic mass is 32.1. The number of aromatic nitrogens is 3. The number of hydrogen-bond donors (Lipinski definition) is 1. The number of anilines is 1. The number of benzene rings is 1. The minimum absolute atomic E-state index is 0.597. The van der Waals surface area contributed by atoms with Crippen LogP contribution in [0.3, 0.4) is 0 Å². The molecule has 1 aliphatic heterocycles. The summed E-state index contributed by atoms with van der Waals surface area (Å²) in [5.74, 6) is 0.597. The Hall–Kier alpha value is -2.18. The summed E-state index contributed by atoms with van der Waals surface area (Å²) in [5, 5.41) is 8.91. The van der Waals surface area contributed by atoms with Gasteiger partial charge in [0.1, 0.15) is 0 Å². The molecule has 2 aromatic heterocycles. The van der Waals surface area contributed by atoms with Crippen molar-refractivity contribution in [3.63, 3.8) is 0 Å². The van der Waals surface area contributed by atoms with Gasteiger partial charge in [-0.3, -0.25) is 0 Å². The van der Waals surface area contributed by atoms with Gasteiger partial charge in [-0.1, -0.05) is 18.2 Å². The van der Waals surface area contributed by atoms with Crippen LogP contribution in [0, 0.1) is 6.92 Å². The lowest BCUT2D eigenvalue weighted by molar-refractivity contribution is 0.0860. The number of aryl methyl sites for hydroxylation is 1. The fraction of sp³-hybridized carbons (Fsp3) is 0.368. The summed E-state index contributed by atoms with van der Waals surface area (Å²) in [5.41, 5.74) is 3.45. The molecule has 130 valence electrons. The molecule has 1 N–H and O–H groups in total. The van der Waals surface area contributed by atoms with Crippen molar-refractivity contribution in [2.24, 2.45) is 0 Å². The third-order valence-corrected chi connectivity index (χ3v) is 5.75. The van der Waals surface area contributed by atoms with Crippen molar-refractivity contribution in [1.82, 2.24) is 14.8 Å². The fourth-order valence-corrected chi connectivity index (χ4v) is 4.17. The zero-order valence-electron chi connectivity index (χ0n) is 14.3. The molecule has 1 aromatic carbocycles. The molecule has 1 aliphatic rings. The van der Waals surface area contributed by atoms with E-state index in [1.165, 1.54) is 10.4 Å². The second kappa shape index (κ2) is 7.37. The van der Waals surface area contributed by atoms with Crippen LogP contribution in [0.2, 0.25) is 0 Å². The number of thiazole rings is 1. The average molecular weight is 354 g/mol. The Balaban J connectivity index is 1.45. The quantitative estimate of drug-likeness (QED) is 0.748. The topological polar surface area (TPSA) is 52.0 Å². The van der Waals surface area contributed by atoms with E-state index in [4.69, 9.17) is 4.74 Å². The summed E-state index contributed by atoms with van der Waals surface area (Å²) < 4.78 is 7.44. The van der Waals surface area contributed by atoms with Gasteiger partial charge in [0.25, 0.3) is 0 Å². The molecule has 4 rings (SSSR count). The number of para-hydroxylation sites is 1. The molecule has 0 bridgehead atoms. The van der Waals surface area contributed by atoms with Crippen molar-refractivity contribution in [2.45, 2.75) is 32.2 Å². The van der Waals surface area contributed by atoms with Crippen molar-refractivity contribution < 1.29 is 4.74 Å². The van der Waals surface area contributed by atoms with E-state index in [-0.39, 0.29) is 0 Å². The van der Waals surface area contributed by atoms with Crippen molar-refractivity contribution in [3.8, 4) is 5.69 Å². The van der Waals surface area contributed by atoms with Gasteiger partial charge in [0.15, 0.2) is 5.13 Å². The van der Waals surface area contributed by atoms with Gasteiger partial charge in [0.05, 0.1) is 17.9 Å². The maximum atomic E-state index is 5.45. The number of hydrogen-bond acceptors (Lipinski definition) is 5. The summed E-state index contributed by atoms with van der Waals surface area (Å²) in [6.07, 6.45) is 6.06. The van der Waals surface area contributed by atoms with Gasteiger partial charge in [-0.25, -0.2) is 9.67 Å². The fourth-order valence-electron chi connectivity index (χ4n) is 3.19. The first kappa shape index (κ1) is 16.3. The number of nitrogens with one attached hydrogen (secondary N) is 1. The second-order valence-corrected chi connectivity index (χ2v) is 7.39. The molecule has 3 aromatic rings. The van der Waals surface area contributed by atoms with Crippen LogP contribution in [-0.4, -0.2) is 28.0 Å². The average Bonchev–Trinajstić information content (AvgIpc) is 3.30. The Morgan fingerprint density at radius 1 is 1.24 bits per heavy atom. The van der Waals surface area contributed by atoms with Crippen LogP contribution in [0.25, 0.3) is 5.69 Å². The van der Waals surface area contributed by atoms with Gasteiger partial charge >= 0.3 is 0 Å². The minimum atomic E-state index is 0.597. The summed E-state index contributed by atoms with van der Waals surface area (Å²) in [6, 6.07) is 10.3. The largest absolute Gasteiger partial charge is 0.381 e. The third kappa shape index (κ3) is 3.60. The molecule has 0 amide bonds. The van der Waals surface area contributed by atoms with E-state index < -0.39 is 0 Å². The highest BCUT2D eigenvalue weighted by Gasteiger charge is 2.18. The molecule has 0 radical (unpaired) electrons. The van der Waals surface area contributed by atoms with Crippen LogP contribution in [0.1, 0.15) is 34.9 Å². The first-order valence-electron chi connectivity index (χ1n) is 8.67. The van der Waals surface area contributed by atoms with Gasteiger partial charge in [-0.05, 0) is 43.4 Å². The Morgan fingerprint density at radius 3 is 2.92 bits per heavy atom. The monoisotopic (exact) mass is 354 g/mol. The number of nitrogens with zero attached hydrogens (tertiary/aromatic N) is 3. The standard InChI is InChI=1S/C19H22N4OS/c1-14-4-2-3-5-17(14)23-16(6-9-22-23)12-20-19-21-13-18(25-19)15-7-10-24-11-8-15/h2-6,9,13,15H,7-8,10-12H2,1H3,(H,20,21). The van der Waals surface area contributed by atoms with E-state index in [1.807, 2.05) is 35.3 Å². The zero-order chi connectivity index (χ0) is 17.1. The van der Waals surface area contributed by atoms with Gasteiger partial charge < -0.3 is 10.1 Å². The minimum Gasteiger partial charge on any atom is -0.381 e. The molecule has 5 nitrogen and oxygen atoms in total. The summed E-state index contributed by atoms with van der Waals surface area (Å²) in [4.78, 5) is 5.91. The molecule has 0 spiro atoms. The number of ether oxygens (including phenoxy) is 1. The molecule has 0 unspecified atom stereocenters. The zero-order valence-corrected chi connectivity index (χ0v) is 15.1. The van der Waals surface area contributed by atoms with Crippen molar-refractivity contribution >= 4 is 16.5 Å². The van der Waals surface area contributed by atoms with Crippen LogP contribution in [-0.2, 0) is 11.3 Å². The Morgan fingerprint density at radius 2 is 2.08 bits per heavy atom. The molecule has 6 heteroatoms. The smallest absolute Gasteiger partial charge is 0.183 e. The molecular weight excluding hydrogens is 332 g/mol. The highest BCUT2D eigenvalue weighted by molar-refractivity contribution is 7.15. The van der Waals surface area contributed by atoms with Crippen LogP contribution >= 0.6 is 11.3 Å². The normalized spacial score (nSPS) is 15.4. The molecule has 0 aliphatic carbocycles. The summed E-state index contributed by atoms with van der Waals surface area (Å²) >= 11 is 1.76. The van der Waals surface area contributed by atoms with E-state index in [0.29, 0.717) is 12.5 Å². The Bertz CT molecular complexity index is 835. The van der Waals surface area contributed by atoms with Gasteiger partial charge in [-0.2, -0.15) is 5.10 Å². The van der Waals surface area contributed by atoms with E-state index in [2.05, 4.69) is 34.5 Å². The van der Waals surface area contributed by atoms with Crippen molar-refractivity contribution in [3.05, 3.63) is 58.9 Å². The predicted octanol–water partition coefficient (Wildman–Crippen LogP) is 4.14. The Labute approximate surface area is 151 Å². The second-order valence-electron chi connectivity index (χ2n) is 6.33.